The SMILES string of the molecule is CCC(Oc1cc(/C(=N/N)C(C)=NC2CCN(C#N)CC2)cc2[nH]cc(C#N)[n+]12)c1ccccn1. The molecule has 1 saturated heterocycles. The lowest BCUT2D eigenvalue weighted by Gasteiger charge is -2.26. The van der Waals surface area contributed by atoms with Crippen LogP contribution in [0.4, 0.5) is 0 Å². The Labute approximate surface area is 204 Å². The Balaban J connectivity index is 1.71. The van der Waals surface area contributed by atoms with Crippen molar-refractivity contribution in [1.29, 1.82) is 10.5 Å². The van der Waals surface area contributed by atoms with Gasteiger partial charge in [0.1, 0.15) is 24.1 Å². The molecule has 0 aromatic carbocycles. The van der Waals surface area contributed by atoms with Crippen LogP contribution in [0.25, 0.3) is 5.65 Å². The Morgan fingerprint density at radius 1 is 1.34 bits per heavy atom. The van der Waals surface area contributed by atoms with Crippen molar-refractivity contribution in [2.24, 2.45) is 15.9 Å². The summed E-state index contributed by atoms with van der Waals surface area (Å²) < 4.78 is 8.14. The summed E-state index contributed by atoms with van der Waals surface area (Å²) in [4.78, 5) is 14.2. The number of fused-ring (bicyclic) bond motifs is 1. The number of nitriles is 2. The third kappa shape index (κ3) is 5.07. The van der Waals surface area contributed by atoms with Crippen LogP contribution in [0.15, 0.2) is 52.8 Å². The number of nitrogens with one attached hydrogen (secondary N) is 1. The quantitative estimate of drug-likeness (QED) is 0.179. The number of ether oxygens (including phenoxy) is 1. The molecular formula is C25H28N9O+. The lowest BCUT2D eigenvalue weighted by Crippen LogP contribution is -2.33. The molecule has 1 aliphatic rings. The maximum absolute atomic E-state index is 9.64. The molecule has 0 aliphatic carbocycles. The predicted molar refractivity (Wildman–Crippen MR) is 131 cm³/mol. The van der Waals surface area contributed by atoms with Crippen LogP contribution >= 0.6 is 0 Å². The first-order valence-electron chi connectivity index (χ1n) is 11.6. The molecular weight excluding hydrogens is 442 g/mol. The number of aromatic nitrogens is 3. The van der Waals surface area contributed by atoms with E-state index in [1.165, 1.54) is 0 Å². The first-order valence-corrected chi connectivity index (χ1v) is 11.6. The van der Waals surface area contributed by atoms with Gasteiger partial charge in [-0.05, 0) is 38.3 Å². The Kier molecular flexibility index (Phi) is 7.22. The molecule has 10 heteroatoms. The van der Waals surface area contributed by atoms with Crippen LogP contribution in [0.2, 0.25) is 0 Å². The van der Waals surface area contributed by atoms with E-state index in [-0.39, 0.29) is 12.1 Å². The van der Waals surface area contributed by atoms with Crippen LogP contribution in [-0.2, 0) is 0 Å². The van der Waals surface area contributed by atoms with Crippen molar-refractivity contribution < 1.29 is 9.14 Å². The van der Waals surface area contributed by atoms with Crippen molar-refractivity contribution in [3.8, 4) is 18.1 Å². The lowest BCUT2D eigenvalue weighted by atomic mass is 10.0. The number of H-pyrrole nitrogens is 1. The topological polar surface area (TPSA) is 144 Å². The molecule has 0 spiro atoms. The average molecular weight is 471 g/mol. The highest BCUT2D eigenvalue weighted by atomic mass is 16.5. The normalized spacial score (nSPS) is 16.1. The zero-order valence-electron chi connectivity index (χ0n) is 19.8. The van der Waals surface area contributed by atoms with E-state index >= 15 is 0 Å². The summed E-state index contributed by atoms with van der Waals surface area (Å²) in [5.74, 6) is 6.31. The maximum atomic E-state index is 9.64. The summed E-state index contributed by atoms with van der Waals surface area (Å²) in [7, 11) is 0. The van der Waals surface area contributed by atoms with E-state index in [0.29, 0.717) is 48.2 Å². The van der Waals surface area contributed by atoms with Crippen molar-refractivity contribution in [2.45, 2.75) is 45.3 Å². The molecule has 4 heterocycles. The second kappa shape index (κ2) is 10.7. The number of nitrogens with two attached hydrogens (primary N) is 1. The number of aromatic amines is 1. The number of hydrogen-bond donors (Lipinski definition) is 2. The van der Waals surface area contributed by atoms with Gasteiger partial charge in [0.2, 0.25) is 0 Å². The molecule has 3 aromatic rings. The fraction of sp³-hybridized carbons (Fsp3) is 0.360. The van der Waals surface area contributed by atoms with E-state index in [0.717, 1.165) is 24.1 Å². The fourth-order valence-corrected chi connectivity index (χ4v) is 4.31. The smallest absolute Gasteiger partial charge is 0.291 e. The van der Waals surface area contributed by atoms with Crippen LogP contribution in [-0.4, -0.2) is 45.4 Å². The largest absolute Gasteiger partial charge is 0.452 e. The minimum absolute atomic E-state index is 0.106. The molecule has 10 nitrogen and oxygen atoms in total. The van der Waals surface area contributed by atoms with E-state index in [2.05, 4.69) is 27.3 Å². The summed E-state index contributed by atoms with van der Waals surface area (Å²) in [6, 6.07) is 11.7. The van der Waals surface area contributed by atoms with E-state index in [1.54, 1.807) is 21.7 Å². The van der Waals surface area contributed by atoms with E-state index in [4.69, 9.17) is 20.8 Å². The summed E-state index contributed by atoms with van der Waals surface area (Å²) in [6.07, 6.45) is 7.55. The van der Waals surface area contributed by atoms with Crippen molar-refractivity contribution in [1.82, 2.24) is 14.9 Å². The van der Waals surface area contributed by atoms with Crippen molar-refractivity contribution in [2.75, 3.05) is 13.1 Å². The highest BCUT2D eigenvalue weighted by Crippen LogP contribution is 2.24. The number of piperidine rings is 1. The summed E-state index contributed by atoms with van der Waals surface area (Å²) in [6.45, 7) is 5.30. The number of nitrogens with zero attached hydrogens (tertiary/aromatic N) is 7. The molecule has 0 saturated carbocycles. The van der Waals surface area contributed by atoms with Crippen LogP contribution in [0.1, 0.15) is 56.2 Å². The molecule has 1 fully saturated rings. The minimum atomic E-state index is -0.304. The summed E-state index contributed by atoms with van der Waals surface area (Å²) in [5.41, 5.74) is 3.86. The third-order valence-electron chi connectivity index (χ3n) is 6.12. The molecule has 35 heavy (non-hydrogen) atoms. The van der Waals surface area contributed by atoms with E-state index in [1.807, 2.05) is 44.2 Å². The Morgan fingerprint density at radius 2 is 2.14 bits per heavy atom. The van der Waals surface area contributed by atoms with Gasteiger partial charge in [0.05, 0.1) is 17.4 Å². The number of aliphatic imine (C=N–C) groups is 1. The first-order chi connectivity index (χ1) is 17.1. The molecule has 4 rings (SSSR count). The van der Waals surface area contributed by atoms with Gasteiger partial charge in [-0.25, -0.2) is 4.98 Å². The second-order valence-electron chi connectivity index (χ2n) is 8.37. The monoisotopic (exact) mass is 470 g/mol. The minimum Gasteiger partial charge on any atom is -0.452 e. The molecule has 3 aromatic heterocycles. The molecule has 0 bridgehead atoms. The molecule has 0 amide bonds. The van der Waals surface area contributed by atoms with Crippen molar-refractivity contribution in [3.63, 3.8) is 0 Å². The van der Waals surface area contributed by atoms with Gasteiger partial charge in [-0.15, -0.1) is 4.40 Å². The van der Waals surface area contributed by atoms with Gasteiger partial charge in [-0.3, -0.25) is 9.98 Å². The predicted octanol–water partition coefficient (Wildman–Crippen LogP) is 2.62. The number of pyridine rings is 2. The number of hydrogen-bond acceptors (Lipinski definition) is 8. The Bertz CT molecular complexity index is 1320. The molecule has 1 unspecified atom stereocenters. The van der Waals surface area contributed by atoms with Crippen LogP contribution in [0.5, 0.6) is 5.88 Å². The van der Waals surface area contributed by atoms with Gasteiger partial charge < -0.3 is 15.5 Å². The van der Waals surface area contributed by atoms with Crippen LogP contribution < -0.4 is 15.0 Å². The molecule has 178 valence electrons. The molecule has 0 radical (unpaired) electrons. The average Bonchev–Trinajstić information content (AvgIpc) is 3.32. The van der Waals surface area contributed by atoms with Crippen LogP contribution in [0.3, 0.4) is 0 Å². The zero-order valence-corrected chi connectivity index (χ0v) is 19.8. The fourth-order valence-electron chi connectivity index (χ4n) is 4.31. The number of imidazole rings is 1. The third-order valence-corrected chi connectivity index (χ3v) is 6.12. The Hall–Kier alpha value is -4.44. The summed E-state index contributed by atoms with van der Waals surface area (Å²) in [5, 5.41) is 22.8. The van der Waals surface area contributed by atoms with Gasteiger partial charge in [0.25, 0.3) is 17.2 Å². The standard InChI is InChI=1S/C25H27N9O/c1-3-22(21-6-4-5-9-29-21)35-24-13-18(12-23-30-15-20(14-26)34(23)24)25(32-28)17(2)31-19-7-10-33(16-27)11-8-19/h4-6,9,12-13,15,19,22H,3,7-8,10-11H2,1-2H3,(H2,28,30,31)/p+1. The molecule has 1 atom stereocenters. The van der Waals surface area contributed by atoms with Gasteiger partial charge in [-0.2, -0.15) is 15.6 Å². The van der Waals surface area contributed by atoms with Crippen molar-refractivity contribution >= 4 is 17.1 Å². The highest BCUT2D eigenvalue weighted by molar-refractivity contribution is 6.47. The van der Waals surface area contributed by atoms with Crippen molar-refractivity contribution in [3.05, 3.63) is 59.7 Å². The summed E-state index contributed by atoms with van der Waals surface area (Å²) >= 11 is 0. The first kappa shape index (κ1) is 23.7. The van der Waals surface area contributed by atoms with E-state index in [9.17, 15) is 5.26 Å². The lowest BCUT2D eigenvalue weighted by molar-refractivity contribution is -0.525. The maximum Gasteiger partial charge on any atom is 0.291 e. The number of likely N-dealkylation sites (tertiary alicyclic amines) is 1. The highest BCUT2D eigenvalue weighted by Gasteiger charge is 2.25. The van der Waals surface area contributed by atoms with Gasteiger partial charge in [0.15, 0.2) is 6.19 Å². The van der Waals surface area contributed by atoms with Gasteiger partial charge in [0, 0.05) is 37.0 Å². The molecule has 1 aliphatic heterocycles. The van der Waals surface area contributed by atoms with Gasteiger partial charge >= 0.3 is 0 Å². The van der Waals surface area contributed by atoms with E-state index < -0.39 is 0 Å². The Morgan fingerprint density at radius 3 is 2.77 bits per heavy atom. The van der Waals surface area contributed by atoms with Crippen LogP contribution in [0, 0.1) is 22.8 Å². The molecule has 3 N–H and O–H groups in total. The number of hydrazone groups is 1. The van der Waals surface area contributed by atoms with Gasteiger partial charge in [-0.1, -0.05) is 13.0 Å². The zero-order chi connectivity index (χ0) is 24.8. The second-order valence-corrected chi connectivity index (χ2v) is 8.37. The number of rotatable bonds is 7.